The number of rotatable bonds is 3. The summed E-state index contributed by atoms with van der Waals surface area (Å²) in [5, 5.41) is 11.8. The average Bonchev–Trinajstić information content (AvgIpc) is 2.87. The van der Waals surface area contributed by atoms with E-state index in [-0.39, 0.29) is 12.4 Å². The van der Waals surface area contributed by atoms with Crippen molar-refractivity contribution in [2.45, 2.75) is 12.1 Å². The van der Waals surface area contributed by atoms with Gasteiger partial charge < -0.3 is 10.0 Å². The molecule has 0 radical (unpaired) electrons. The number of carbonyl (C=O) groups excluding carboxylic acids is 1. The van der Waals surface area contributed by atoms with Crippen LogP contribution in [-0.4, -0.2) is 11.0 Å². The Hall–Kier alpha value is -2.69. The highest BCUT2D eigenvalue weighted by Crippen LogP contribution is 2.45. The van der Waals surface area contributed by atoms with Crippen LogP contribution in [0.2, 0.25) is 5.02 Å². The summed E-state index contributed by atoms with van der Waals surface area (Å²) in [5.41, 5.74) is 0.480. The maximum absolute atomic E-state index is 13.2. The summed E-state index contributed by atoms with van der Waals surface area (Å²) in [7, 11) is 0. The highest BCUT2D eigenvalue weighted by molar-refractivity contribution is 6.31. The first-order valence-electron chi connectivity index (χ1n) is 8.14. The standard InChI is InChI=1S/C21H15ClFNO2/c22-16-8-11-19-18(12-16)21(26,15-4-2-1-3-5-15)20(25)24(19)13-14-6-9-17(23)10-7-14/h1-12,26H,13H2/t21-/m1/s1. The van der Waals surface area contributed by atoms with Gasteiger partial charge in [-0.2, -0.15) is 0 Å². The van der Waals surface area contributed by atoms with Gasteiger partial charge in [-0.05, 0) is 41.5 Å². The van der Waals surface area contributed by atoms with Crippen LogP contribution in [0.4, 0.5) is 10.1 Å². The Kier molecular flexibility index (Phi) is 4.02. The lowest BCUT2D eigenvalue weighted by molar-refractivity contribution is -0.132. The Morgan fingerprint density at radius 2 is 1.69 bits per heavy atom. The van der Waals surface area contributed by atoms with Crippen molar-refractivity contribution in [1.29, 1.82) is 0 Å². The summed E-state index contributed by atoms with van der Waals surface area (Å²) in [6, 6.07) is 19.8. The molecule has 1 aliphatic heterocycles. The second-order valence-electron chi connectivity index (χ2n) is 6.26. The van der Waals surface area contributed by atoms with E-state index in [0.29, 0.717) is 21.8 Å². The smallest absolute Gasteiger partial charge is 0.268 e. The number of aliphatic hydroxyl groups is 1. The van der Waals surface area contributed by atoms with Crippen LogP contribution in [0.3, 0.4) is 0 Å². The minimum absolute atomic E-state index is 0.225. The lowest BCUT2D eigenvalue weighted by Gasteiger charge is -2.23. The van der Waals surface area contributed by atoms with Gasteiger partial charge in [0.1, 0.15) is 5.82 Å². The van der Waals surface area contributed by atoms with E-state index in [1.807, 2.05) is 6.07 Å². The van der Waals surface area contributed by atoms with Crippen molar-refractivity contribution < 1.29 is 14.3 Å². The number of amides is 1. The molecule has 1 atom stereocenters. The van der Waals surface area contributed by atoms with Gasteiger partial charge >= 0.3 is 0 Å². The van der Waals surface area contributed by atoms with Crippen LogP contribution >= 0.6 is 11.6 Å². The summed E-state index contributed by atoms with van der Waals surface area (Å²) >= 11 is 6.13. The average molecular weight is 368 g/mol. The summed E-state index contributed by atoms with van der Waals surface area (Å²) in [5.74, 6) is -0.792. The fourth-order valence-electron chi connectivity index (χ4n) is 3.34. The molecule has 26 heavy (non-hydrogen) atoms. The van der Waals surface area contributed by atoms with E-state index < -0.39 is 11.5 Å². The molecule has 0 fully saturated rings. The Balaban J connectivity index is 1.83. The van der Waals surface area contributed by atoms with Crippen LogP contribution in [0, 0.1) is 5.82 Å². The van der Waals surface area contributed by atoms with Gasteiger partial charge in [0, 0.05) is 10.6 Å². The first kappa shape index (κ1) is 16.8. The molecule has 3 aromatic carbocycles. The zero-order valence-electron chi connectivity index (χ0n) is 13.7. The minimum atomic E-state index is -1.80. The monoisotopic (exact) mass is 367 g/mol. The topological polar surface area (TPSA) is 40.5 Å². The molecule has 1 amide bonds. The second-order valence-corrected chi connectivity index (χ2v) is 6.69. The number of nitrogens with zero attached hydrogens (tertiary/aromatic N) is 1. The van der Waals surface area contributed by atoms with Crippen LogP contribution in [-0.2, 0) is 16.9 Å². The highest BCUT2D eigenvalue weighted by Gasteiger charge is 2.51. The lowest BCUT2D eigenvalue weighted by Crippen LogP contribution is -2.40. The first-order valence-corrected chi connectivity index (χ1v) is 8.52. The fourth-order valence-corrected chi connectivity index (χ4v) is 3.51. The Morgan fingerprint density at radius 1 is 1.00 bits per heavy atom. The van der Waals surface area contributed by atoms with Crippen molar-refractivity contribution in [2.75, 3.05) is 4.90 Å². The van der Waals surface area contributed by atoms with Gasteiger partial charge in [-0.15, -0.1) is 0 Å². The van der Waals surface area contributed by atoms with Crippen molar-refractivity contribution in [2.24, 2.45) is 0 Å². The predicted octanol–water partition coefficient (Wildman–Crippen LogP) is 4.26. The van der Waals surface area contributed by atoms with Gasteiger partial charge in [-0.1, -0.05) is 54.1 Å². The summed E-state index contributed by atoms with van der Waals surface area (Å²) in [6.45, 7) is 0.225. The number of anilines is 1. The molecular weight excluding hydrogens is 353 g/mol. The molecule has 4 rings (SSSR count). The third-order valence-corrected chi connectivity index (χ3v) is 4.87. The molecule has 0 aromatic heterocycles. The second kappa shape index (κ2) is 6.24. The van der Waals surface area contributed by atoms with Crippen LogP contribution in [0.25, 0.3) is 0 Å². The molecule has 0 saturated heterocycles. The highest BCUT2D eigenvalue weighted by atomic mass is 35.5. The molecule has 3 aromatic rings. The molecule has 1 N–H and O–H groups in total. The van der Waals surface area contributed by atoms with Crippen molar-refractivity contribution >= 4 is 23.2 Å². The molecule has 0 saturated carbocycles. The SMILES string of the molecule is O=C1N(Cc2ccc(F)cc2)c2ccc(Cl)cc2[C@]1(O)c1ccccc1. The molecule has 1 aliphatic rings. The van der Waals surface area contributed by atoms with Crippen LogP contribution in [0.15, 0.2) is 72.8 Å². The summed E-state index contributed by atoms with van der Waals surface area (Å²) < 4.78 is 13.2. The predicted molar refractivity (Wildman–Crippen MR) is 98.5 cm³/mol. The van der Waals surface area contributed by atoms with E-state index in [4.69, 9.17) is 11.6 Å². The van der Waals surface area contributed by atoms with Gasteiger partial charge in [-0.25, -0.2) is 4.39 Å². The van der Waals surface area contributed by atoms with Crippen molar-refractivity contribution in [1.82, 2.24) is 0 Å². The van der Waals surface area contributed by atoms with Gasteiger partial charge in [-0.3, -0.25) is 4.79 Å². The lowest BCUT2D eigenvalue weighted by atomic mass is 9.87. The number of hydrogen-bond donors (Lipinski definition) is 1. The molecule has 0 aliphatic carbocycles. The third kappa shape index (κ3) is 2.59. The Bertz CT molecular complexity index is 975. The molecule has 1 heterocycles. The number of carbonyl (C=O) groups is 1. The molecule has 0 bridgehead atoms. The van der Waals surface area contributed by atoms with Gasteiger partial charge in [0.05, 0.1) is 12.2 Å². The fraction of sp³-hybridized carbons (Fsp3) is 0.0952. The van der Waals surface area contributed by atoms with E-state index in [1.54, 1.807) is 54.6 Å². The molecule has 130 valence electrons. The zero-order valence-corrected chi connectivity index (χ0v) is 14.4. The first-order chi connectivity index (χ1) is 12.5. The van der Waals surface area contributed by atoms with Gasteiger partial charge in [0.15, 0.2) is 5.60 Å². The van der Waals surface area contributed by atoms with Crippen LogP contribution in [0.1, 0.15) is 16.7 Å². The zero-order chi connectivity index (χ0) is 18.3. The minimum Gasteiger partial charge on any atom is -0.372 e. The van der Waals surface area contributed by atoms with E-state index in [1.165, 1.54) is 17.0 Å². The normalized spacial score (nSPS) is 18.9. The largest absolute Gasteiger partial charge is 0.372 e. The van der Waals surface area contributed by atoms with Crippen molar-refractivity contribution in [3.8, 4) is 0 Å². The van der Waals surface area contributed by atoms with E-state index in [0.717, 1.165) is 5.56 Å². The molecular formula is C21H15ClFNO2. The number of hydrogen-bond acceptors (Lipinski definition) is 2. The summed E-state index contributed by atoms with van der Waals surface area (Å²) in [4.78, 5) is 14.7. The molecule has 0 spiro atoms. The Morgan fingerprint density at radius 3 is 2.38 bits per heavy atom. The van der Waals surface area contributed by atoms with Gasteiger partial charge in [0.2, 0.25) is 0 Å². The molecule has 5 heteroatoms. The molecule has 0 unspecified atom stereocenters. The number of fused-ring (bicyclic) bond motifs is 1. The van der Waals surface area contributed by atoms with Crippen LogP contribution < -0.4 is 4.90 Å². The number of benzene rings is 3. The maximum Gasteiger partial charge on any atom is 0.268 e. The van der Waals surface area contributed by atoms with Crippen molar-refractivity contribution in [3.63, 3.8) is 0 Å². The number of halogens is 2. The van der Waals surface area contributed by atoms with Crippen molar-refractivity contribution in [3.05, 3.63) is 100 Å². The molecule has 3 nitrogen and oxygen atoms in total. The van der Waals surface area contributed by atoms with Crippen LogP contribution in [0.5, 0.6) is 0 Å². The van der Waals surface area contributed by atoms with E-state index >= 15 is 0 Å². The van der Waals surface area contributed by atoms with E-state index in [2.05, 4.69) is 0 Å². The maximum atomic E-state index is 13.2. The van der Waals surface area contributed by atoms with Gasteiger partial charge in [0.25, 0.3) is 5.91 Å². The third-order valence-electron chi connectivity index (χ3n) is 4.64. The quantitative estimate of drug-likeness (QED) is 0.751. The van der Waals surface area contributed by atoms with E-state index in [9.17, 15) is 14.3 Å². The Labute approximate surface area is 155 Å². The summed E-state index contributed by atoms with van der Waals surface area (Å²) in [6.07, 6.45) is 0.